The Kier molecular flexibility index (Phi) is 6.08. The molecule has 2 unspecified atom stereocenters. The predicted molar refractivity (Wildman–Crippen MR) is 191 cm³/mol. The molecular weight excluding hydrogens is 555 g/mol. The molecule has 0 fully saturated rings. The van der Waals surface area contributed by atoms with E-state index in [0.717, 1.165) is 0 Å². The summed E-state index contributed by atoms with van der Waals surface area (Å²) < 4.78 is 0. The van der Waals surface area contributed by atoms with E-state index in [1.165, 1.54) is 72.7 Å². The third-order valence-corrected chi connectivity index (χ3v) is 10.2. The summed E-state index contributed by atoms with van der Waals surface area (Å²) in [6.07, 6.45) is 0. The molecule has 1 heterocycles. The maximum Gasteiger partial charge on any atom is 0.0748 e. The number of benzene rings is 7. The molecule has 1 heteroatoms. The van der Waals surface area contributed by atoms with E-state index in [-0.39, 0.29) is 5.92 Å². The van der Waals surface area contributed by atoms with Crippen LogP contribution in [0.4, 0.5) is 17.1 Å². The summed E-state index contributed by atoms with van der Waals surface area (Å²) in [7, 11) is 0. The molecule has 0 bridgehead atoms. The van der Waals surface area contributed by atoms with Crippen molar-refractivity contribution in [1.82, 2.24) is 0 Å². The van der Waals surface area contributed by atoms with Crippen LogP contribution in [0, 0.1) is 0 Å². The molecule has 1 aliphatic carbocycles. The fraction of sp³-hybridized carbons (Fsp3) is 0.0667. The molecule has 0 spiro atoms. The molecule has 2 aliphatic rings. The fourth-order valence-corrected chi connectivity index (χ4v) is 8.23. The minimum atomic E-state index is -0.491. The first-order chi connectivity index (χ1) is 22.8. The van der Waals surface area contributed by atoms with Gasteiger partial charge in [-0.1, -0.05) is 159 Å². The van der Waals surface area contributed by atoms with Crippen LogP contribution in [-0.4, -0.2) is 0 Å². The molecule has 218 valence electrons. The van der Waals surface area contributed by atoms with Crippen molar-refractivity contribution in [2.75, 3.05) is 4.90 Å². The highest BCUT2D eigenvalue weighted by molar-refractivity contribution is 5.96. The fourth-order valence-electron chi connectivity index (χ4n) is 8.23. The number of anilines is 3. The molecule has 0 amide bonds. The molecule has 7 aromatic rings. The summed E-state index contributed by atoms with van der Waals surface area (Å²) in [5.41, 5.74) is 16.2. The van der Waals surface area contributed by atoms with Crippen molar-refractivity contribution in [1.29, 1.82) is 0 Å². The summed E-state index contributed by atoms with van der Waals surface area (Å²) in [5.74, 6) is 0.257. The van der Waals surface area contributed by atoms with E-state index in [4.69, 9.17) is 0 Å². The zero-order valence-corrected chi connectivity index (χ0v) is 25.8. The van der Waals surface area contributed by atoms with Gasteiger partial charge in [-0.05, 0) is 74.3 Å². The second-order valence-corrected chi connectivity index (χ2v) is 12.5. The van der Waals surface area contributed by atoms with Crippen molar-refractivity contribution in [2.24, 2.45) is 0 Å². The smallest absolute Gasteiger partial charge is 0.0748 e. The van der Waals surface area contributed by atoms with Gasteiger partial charge in [0.1, 0.15) is 0 Å². The second-order valence-electron chi connectivity index (χ2n) is 12.5. The zero-order valence-electron chi connectivity index (χ0n) is 25.8. The lowest BCUT2D eigenvalue weighted by Gasteiger charge is -2.51. The minimum absolute atomic E-state index is 0.257. The average Bonchev–Trinajstić information content (AvgIpc) is 3.14. The standard InChI is InChI=1S/C45H33N/c1-31-36-22-8-10-25-39(36)45(35-21-14-20-34(30-35)32-16-4-2-5-17-32)40-26-11-13-28-42(40)46(43-29-15-24-37(31)44(43)45)41-27-12-9-23-38(41)33-18-6-3-7-19-33/h2-31H,1H3. The summed E-state index contributed by atoms with van der Waals surface area (Å²) in [6.45, 7) is 2.38. The first-order valence-electron chi connectivity index (χ1n) is 16.2. The summed E-state index contributed by atoms with van der Waals surface area (Å²) >= 11 is 0. The Morgan fingerprint density at radius 2 is 1.00 bits per heavy atom. The van der Waals surface area contributed by atoms with Crippen LogP contribution in [0.5, 0.6) is 0 Å². The molecule has 46 heavy (non-hydrogen) atoms. The Balaban J connectivity index is 1.41. The topological polar surface area (TPSA) is 3.24 Å². The van der Waals surface area contributed by atoms with Crippen LogP contribution in [0.2, 0.25) is 0 Å². The summed E-state index contributed by atoms with van der Waals surface area (Å²) in [4.78, 5) is 2.52. The van der Waals surface area contributed by atoms with Gasteiger partial charge in [0, 0.05) is 11.5 Å². The van der Waals surface area contributed by atoms with E-state index >= 15 is 0 Å². The molecule has 7 aromatic carbocycles. The van der Waals surface area contributed by atoms with E-state index in [9.17, 15) is 0 Å². The van der Waals surface area contributed by atoms with Gasteiger partial charge in [0.05, 0.1) is 22.5 Å². The highest BCUT2D eigenvalue weighted by atomic mass is 15.2. The lowest BCUT2D eigenvalue weighted by molar-refractivity contribution is 0.662. The molecule has 0 saturated heterocycles. The average molecular weight is 588 g/mol. The van der Waals surface area contributed by atoms with Gasteiger partial charge in [-0.15, -0.1) is 0 Å². The highest BCUT2D eigenvalue weighted by Crippen LogP contribution is 2.63. The van der Waals surface area contributed by atoms with Crippen molar-refractivity contribution in [3.8, 4) is 22.3 Å². The number of hydrogen-bond acceptors (Lipinski definition) is 1. The summed E-state index contributed by atoms with van der Waals surface area (Å²) in [6, 6.07) is 64.9. The predicted octanol–water partition coefficient (Wildman–Crippen LogP) is 11.7. The molecular formula is C45H33N. The SMILES string of the molecule is CC1c2ccccc2C2(c3cccc(-c4ccccc4)c3)c3ccccc3N(c3ccccc3-c3ccccc3)c3cccc1c32. The molecule has 0 aromatic heterocycles. The minimum Gasteiger partial charge on any atom is -0.309 e. The number of fused-ring (bicyclic) bond motifs is 4. The second kappa shape index (κ2) is 10.5. The van der Waals surface area contributed by atoms with E-state index in [2.05, 4.69) is 188 Å². The number of hydrogen-bond donors (Lipinski definition) is 0. The van der Waals surface area contributed by atoms with Gasteiger partial charge in [-0.2, -0.15) is 0 Å². The van der Waals surface area contributed by atoms with Gasteiger partial charge in [0.15, 0.2) is 0 Å². The Morgan fingerprint density at radius 3 is 1.80 bits per heavy atom. The maximum absolute atomic E-state index is 2.52. The van der Waals surface area contributed by atoms with Gasteiger partial charge in [0.25, 0.3) is 0 Å². The largest absolute Gasteiger partial charge is 0.309 e. The van der Waals surface area contributed by atoms with Crippen LogP contribution in [0.3, 0.4) is 0 Å². The Morgan fingerprint density at radius 1 is 0.435 bits per heavy atom. The van der Waals surface area contributed by atoms with Gasteiger partial charge >= 0.3 is 0 Å². The number of para-hydroxylation sites is 2. The van der Waals surface area contributed by atoms with Crippen LogP contribution >= 0.6 is 0 Å². The highest BCUT2D eigenvalue weighted by Gasteiger charge is 2.51. The van der Waals surface area contributed by atoms with E-state index in [1.54, 1.807) is 0 Å². The van der Waals surface area contributed by atoms with Gasteiger partial charge in [0.2, 0.25) is 0 Å². The van der Waals surface area contributed by atoms with Gasteiger partial charge in [-0.3, -0.25) is 0 Å². The molecule has 0 saturated carbocycles. The molecule has 0 N–H and O–H groups in total. The van der Waals surface area contributed by atoms with Crippen LogP contribution in [0.25, 0.3) is 22.3 Å². The van der Waals surface area contributed by atoms with Crippen LogP contribution in [-0.2, 0) is 5.41 Å². The monoisotopic (exact) mass is 587 g/mol. The van der Waals surface area contributed by atoms with Crippen molar-refractivity contribution in [2.45, 2.75) is 18.3 Å². The van der Waals surface area contributed by atoms with Crippen LogP contribution < -0.4 is 4.90 Å². The van der Waals surface area contributed by atoms with Crippen molar-refractivity contribution < 1.29 is 0 Å². The Bertz CT molecular complexity index is 2230. The zero-order chi connectivity index (χ0) is 30.7. The first-order valence-corrected chi connectivity index (χ1v) is 16.2. The lowest BCUT2D eigenvalue weighted by Crippen LogP contribution is -2.42. The third-order valence-electron chi connectivity index (χ3n) is 10.2. The Hall–Kier alpha value is -5.66. The van der Waals surface area contributed by atoms with E-state index in [0.29, 0.717) is 0 Å². The van der Waals surface area contributed by atoms with Gasteiger partial charge in [-0.25, -0.2) is 0 Å². The maximum atomic E-state index is 2.52. The molecule has 9 rings (SSSR count). The molecule has 0 radical (unpaired) electrons. The van der Waals surface area contributed by atoms with Crippen molar-refractivity contribution >= 4 is 17.1 Å². The third kappa shape index (κ3) is 3.75. The molecule has 1 aliphatic heterocycles. The first kappa shape index (κ1) is 26.7. The Labute approximate surface area is 271 Å². The quantitative estimate of drug-likeness (QED) is 0.198. The van der Waals surface area contributed by atoms with Gasteiger partial charge < -0.3 is 4.90 Å². The molecule has 2 atom stereocenters. The number of rotatable bonds is 4. The summed E-state index contributed by atoms with van der Waals surface area (Å²) in [5, 5.41) is 0. The lowest BCUT2D eigenvalue weighted by atomic mass is 9.55. The molecule has 1 nitrogen and oxygen atoms in total. The van der Waals surface area contributed by atoms with E-state index < -0.39 is 5.41 Å². The van der Waals surface area contributed by atoms with Crippen molar-refractivity contribution in [3.05, 3.63) is 209 Å². The number of nitrogens with zero attached hydrogens (tertiary/aromatic N) is 1. The normalized spacial score (nSPS) is 17.5. The van der Waals surface area contributed by atoms with Crippen molar-refractivity contribution in [3.63, 3.8) is 0 Å². The van der Waals surface area contributed by atoms with E-state index in [1.807, 2.05) is 0 Å². The van der Waals surface area contributed by atoms with Crippen LogP contribution in [0.15, 0.2) is 176 Å². The van der Waals surface area contributed by atoms with Crippen LogP contribution in [0.1, 0.15) is 46.2 Å².